The van der Waals surface area contributed by atoms with Gasteiger partial charge in [0.05, 0.1) is 6.61 Å². The van der Waals surface area contributed by atoms with E-state index in [-0.39, 0.29) is 18.6 Å². The summed E-state index contributed by atoms with van der Waals surface area (Å²) >= 11 is 0. The molecule has 1 saturated heterocycles. The SMILES string of the molecule is CCC(CO)N1CCN(C(=O)c2n[nH]c3c2CCC3)CC1. The molecule has 1 atom stereocenters. The van der Waals surface area contributed by atoms with Gasteiger partial charge in [0, 0.05) is 43.5 Å². The third-order valence-electron chi connectivity index (χ3n) is 4.81. The zero-order valence-corrected chi connectivity index (χ0v) is 12.6. The Bertz CT molecular complexity index is 502. The van der Waals surface area contributed by atoms with Gasteiger partial charge in [-0.15, -0.1) is 0 Å². The molecule has 6 heteroatoms. The van der Waals surface area contributed by atoms with E-state index in [4.69, 9.17) is 0 Å². The number of fused-ring (bicyclic) bond motifs is 1. The summed E-state index contributed by atoms with van der Waals surface area (Å²) in [6, 6.07) is 0.219. The fraction of sp³-hybridized carbons (Fsp3) is 0.733. The number of piperazine rings is 1. The van der Waals surface area contributed by atoms with Crippen molar-refractivity contribution in [1.82, 2.24) is 20.0 Å². The van der Waals surface area contributed by atoms with E-state index in [2.05, 4.69) is 22.0 Å². The van der Waals surface area contributed by atoms with Gasteiger partial charge in [-0.3, -0.25) is 14.8 Å². The number of hydrogen-bond donors (Lipinski definition) is 2. The molecular formula is C15H24N4O2. The highest BCUT2D eigenvalue weighted by Crippen LogP contribution is 2.24. The van der Waals surface area contributed by atoms with Gasteiger partial charge in [0.1, 0.15) is 0 Å². The number of nitrogens with zero attached hydrogens (tertiary/aromatic N) is 3. The number of nitrogens with one attached hydrogen (secondary N) is 1. The molecule has 116 valence electrons. The van der Waals surface area contributed by atoms with Gasteiger partial charge in [-0.2, -0.15) is 5.10 Å². The summed E-state index contributed by atoms with van der Waals surface area (Å²) in [5.41, 5.74) is 2.90. The second kappa shape index (κ2) is 6.15. The van der Waals surface area contributed by atoms with E-state index >= 15 is 0 Å². The van der Waals surface area contributed by atoms with Crippen molar-refractivity contribution in [2.24, 2.45) is 0 Å². The molecule has 1 aliphatic carbocycles. The Balaban J connectivity index is 1.63. The van der Waals surface area contributed by atoms with E-state index in [1.165, 1.54) is 0 Å². The number of aryl methyl sites for hydroxylation is 1. The Morgan fingerprint density at radius 3 is 2.76 bits per heavy atom. The van der Waals surface area contributed by atoms with Crippen molar-refractivity contribution in [3.63, 3.8) is 0 Å². The molecule has 0 aromatic carbocycles. The van der Waals surface area contributed by atoms with Crippen molar-refractivity contribution in [3.05, 3.63) is 17.0 Å². The fourth-order valence-electron chi connectivity index (χ4n) is 3.44. The molecular weight excluding hydrogens is 268 g/mol. The van der Waals surface area contributed by atoms with Crippen LogP contribution in [0.25, 0.3) is 0 Å². The minimum atomic E-state index is 0.0612. The largest absolute Gasteiger partial charge is 0.395 e. The summed E-state index contributed by atoms with van der Waals surface area (Å²) in [4.78, 5) is 16.8. The predicted octanol–water partition coefficient (Wildman–Crippen LogP) is 0.427. The van der Waals surface area contributed by atoms with E-state index in [1.54, 1.807) is 0 Å². The minimum absolute atomic E-state index is 0.0612. The number of aromatic nitrogens is 2. The van der Waals surface area contributed by atoms with Crippen molar-refractivity contribution in [2.45, 2.75) is 38.6 Å². The predicted molar refractivity (Wildman–Crippen MR) is 79.3 cm³/mol. The molecule has 6 nitrogen and oxygen atoms in total. The highest BCUT2D eigenvalue weighted by molar-refractivity contribution is 5.94. The second-order valence-corrected chi connectivity index (χ2v) is 5.96. The molecule has 2 aliphatic rings. The van der Waals surface area contributed by atoms with Crippen molar-refractivity contribution in [3.8, 4) is 0 Å². The molecule has 1 unspecified atom stereocenters. The van der Waals surface area contributed by atoms with Gasteiger partial charge in [-0.05, 0) is 25.7 Å². The van der Waals surface area contributed by atoms with Gasteiger partial charge in [0.25, 0.3) is 5.91 Å². The van der Waals surface area contributed by atoms with Crippen LogP contribution in [0.1, 0.15) is 41.5 Å². The smallest absolute Gasteiger partial charge is 0.274 e. The molecule has 1 aromatic heterocycles. The first kappa shape index (κ1) is 14.5. The van der Waals surface area contributed by atoms with Gasteiger partial charge in [-0.25, -0.2) is 0 Å². The highest BCUT2D eigenvalue weighted by atomic mass is 16.3. The lowest BCUT2D eigenvalue weighted by atomic mass is 10.1. The van der Waals surface area contributed by atoms with Crippen LogP contribution < -0.4 is 0 Å². The summed E-state index contributed by atoms with van der Waals surface area (Å²) < 4.78 is 0. The first-order valence-electron chi connectivity index (χ1n) is 7.94. The van der Waals surface area contributed by atoms with Crippen LogP contribution in [0.5, 0.6) is 0 Å². The molecule has 2 heterocycles. The number of aromatic amines is 1. The first-order valence-corrected chi connectivity index (χ1v) is 7.94. The summed E-state index contributed by atoms with van der Waals surface area (Å²) in [5, 5.41) is 16.6. The molecule has 3 rings (SSSR count). The Morgan fingerprint density at radius 2 is 2.10 bits per heavy atom. The maximum atomic E-state index is 12.6. The van der Waals surface area contributed by atoms with E-state index in [1.807, 2.05) is 4.90 Å². The van der Waals surface area contributed by atoms with Crippen LogP contribution in [0.3, 0.4) is 0 Å². The van der Waals surface area contributed by atoms with Crippen molar-refractivity contribution >= 4 is 5.91 Å². The van der Waals surface area contributed by atoms with Gasteiger partial charge in [-0.1, -0.05) is 6.92 Å². The van der Waals surface area contributed by atoms with Crippen LogP contribution >= 0.6 is 0 Å². The molecule has 1 aromatic rings. The molecule has 1 amide bonds. The lowest BCUT2D eigenvalue weighted by Gasteiger charge is -2.38. The van der Waals surface area contributed by atoms with Crippen LogP contribution in [-0.4, -0.2) is 69.8 Å². The summed E-state index contributed by atoms with van der Waals surface area (Å²) in [7, 11) is 0. The number of carbonyl (C=O) groups is 1. The summed E-state index contributed by atoms with van der Waals surface area (Å²) in [6.45, 7) is 5.38. The van der Waals surface area contributed by atoms with Crippen molar-refractivity contribution in [2.75, 3.05) is 32.8 Å². The normalized spacial score (nSPS) is 20.6. The fourth-order valence-corrected chi connectivity index (χ4v) is 3.44. The Labute approximate surface area is 125 Å². The third kappa shape index (κ3) is 2.70. The zero-order valence-electron chi connectivity index (χ0n) is 12.6. The van der Waals surface area contributed by atoms with Crippen LogP contribution in [0.2, 0.25) is 0 Å². The number of hydrogen-bond acceptors (Lipinski definition) is 4. The summed E-state index contributed by atoms with van der Waals surface area (Å²) in [5.74, 6) is 0.0612. The minimum Gasteiger partial charge on any atom is -0.395 e. The van der Waals surface area contributed by atoms with Gasteiger partial charge < -0.3 is 10.0 Å². The second-order valence-electron chi connectivity index (χ2n) is 5.96. The van der Waals surface area contributed by atoms with E-state index in [0.29, 0.717) is 5.69 Å². The Hall–Kier alpha value is -1.40. The van der Waals surface area contributed by atoms with Crippen LogP contribution in [-0.2, 0) is 12.8 Å². The van der Waals surface area contributed by atoms with Gasteiger partial charge >= 0.3 is 0 Å². The molecule has 0 saturated carbocycles. The van der Waals surface area contributed by atoms with Crippen molar-refractivity contribution < 1.29 is 9.90 Å². The molecule has 0 spiro atoms. The quantitative estimate of drug-likeness (QED) is 0.844. The van der Waals surface area contributed by atoms with Gasteiger partial charge in [0.15, 0.2) is 5.69 Å². The maximum Gasteiger partial charge on any atom is 0.274 e. The van der Waals surface area contributed by atoms with E-state index < -0.39 is 0 Å². The highest BCUT2D eigenvalue weighted by Gasteiger charge is 2.30. The lowest BCUT2D eigenvalue weighted by Crippen LogP contribution is -2.52. The molecule has 1 fully saturated rings. The number of aliphatic hydroxyl groups is 1. The molecule has 1 aliphatic heterocycles. The standard InChI is InChI=1S/C15H24N4O2/c1-2-11(10-20)18-6-8-19(9-7-18)15(21)14-12-4-3-5-13(12)16-17-14/h11,20H,2-10H2,1H3,(H,16,17). The Morgan fingerprint density at radius 1 is 1.33 bits per heavy atom. The molecule has 21 heavy (non-hydrogen) atoms. The molecule has 0 bridgehead atoms. The average Bonchev–Trinajstić information content (AvgIpc) is 3.11. The average molecular weight is 292 g/mol. The zero-order chi connectivity index (χ0) is 14.8. The number of H-pyrrole nitrogens is 1. The van der Waals surface area contributed by atoms with Crippen LogP contribution in [0.15, 0.2) is 0 Å². The maximum absolute atomic E-state index is 12.6. The summed E-state index contributed by atoms with van der Waals surface area (Å²) in [6.07, 6.45) is 4.04. The van der Waals surface area contributed by atoms with Crippen molar-refractivity contribution in [1.29, 1.82) is 0 Å². The topological polar surface area (TPSA) is 72.5 Å². The third-order valence-corrected chi connectivity index (χ3v) is 4.81. The number of rotatable bonds is 4. The van der Waals surface area contributed by atoms with E-state index in [9.17, 15) is 9.90 Å². The number of carbonyl (C=O) groups excluding carboxylic acids is 1. The monoisotopic (exact) mass is 292 g/mol. The Kier molecular flexibility index (Phi) is 4.26. The lowest BCUT2D eigenvalue weighted by molar-refractivity contribution is 0.0467. The van der Waals surface area contributed by atoms with Crippen LogP contribution in [0.4, 0.5) is 0 Å². The van der Waals surface area contributed by atoms with Crippen LogP contribution in [0, 0.1) is 0 Å². The van der Waals surface area contributed by atoms with E-state index in [0.717, 1.165) is 63.1 Å². The molecule has 2 N–H and O–H groups in total. The first-order chi connectivity index (χ1) is 10.2. The molecule has 0 radical (unpaired) electrons. The number of amides is 1. The van der Waals surface area contributed by atoms with Gasteiger partial charge in [0.2, 0.25) is 0 Å². The number of aliphatic hydroxyl groups excluding tert-OH is 1.